The largest absolute Gasteiger partial charge is 0.381 e. The van der Waals surface area contributed by atoms with Crippen molar-refractivity contribution in [1.29, 1.82) is 0 Å². The van der Waals surface area contributed by atoms with Crippen LogP contribution in [-0.4, -0.2) is 44.6 Å². The van der Waals surface area contributed by atoms with Gasteiger partial charge in [0.05, 0.1) is 11.9 Å². The Bertz CT molecular complexity index is 586. The zero-order chi connectivity index (χ0) is 14.7. The second-order valence-electron chi connectivity index (χ2n) is 5.12. The number of nitrogens with two attached hydrogens (primary N) is 1. The molecular formula is C14H18N6O. The molecule has 3 heterocycles. The van der Waals surface area contributed by atoms with E-state index in [9.17, 15) is 4.79 Å². The van der Waals surface area contributed by atoms with Crippen LogP contribution in [0, 0.1) is 0 Å². The van der Waals surface area contributed by atoms with Crippen molar-refractivity contribution in [1.82, 2.24) is 19.4 Å². The van der Waals surface area contributed by atoms with Crippen molar-refractivity contribution >= 4 is 11.7 Å². The van der Waals surface area contributed by atoms with Crippen LogP contribution >= 0.6 is 0 Å². The molecule has 21 heavy (non-hydrogen) atoms. The number of piperidine rings is 1. The number of carbonyl (C=O) groups is 1. The van der Waals surface area contributed by atoms with Crippen molar-refractivity contribution in [3.63, 3.8) is 0 Å². The molecule has 0 radical (unpaired) electrons. The highest BCUT2D eigenvalue weighted by Gasteiger charge is 2.20. The topological polar surface area (TPSA) is 89.1 Å². The molecule has 0 aliphatic carbocycles. The lowest BCUT2D eigenvalue weighted by molar-refractivity contribution is 0.193. The summed E-state index contributed by atoms with van der Waals surface area (Å²) in [4.78, 5) is 21.2. The van der Waals surface area contributed by atoms with Gasteiger partial charge in [-0.05, 0) is 25.0 Å². The molecule has 7 nitrogen and oxygen atoms in total. The van der Waals surface area contributed by atoms with Gasteiger partial charge in [0, 0.05) is 31.5 Å². The summed E-state index contributed by atoms with van der Waals surface area (Å²) < 4.78 is 1.86. The second kappa shape index (κ2) is 5.82. The van der Waals surface area contributed by atoms with Crippen LogP contribution in [0.15, 0.2) is 37.1 Å². The summed E-state index contributed by atoms with van der Waals surface area (Å²) in [7, 11) is 0. The number of anilines is 1. The van der Waals surface area contributed by atoms with E-state index in [1.807, 2.05) is 29.1 Å². The number of nitrogens with zero attached hydrogens (tertiary/aromatic N) is 4. The number of nitrogens with one attached hydrogen (secondary N) is 1. The molecule has 0 saturated carbocycles. The lowest BCUT2D eigenvalue weighted by atomic mass is 10.1. The van der Waals surface area contributed by atoms with E-state index in [-0.39, 0.29) is 6.03 Å². The standard InChI is InChI=1S/C14H18N6O/c15-14(21)19-6-3-11(4-7-19)18-12-1-2-13(17-9-12)20-8-5-16-10-20/h1-2,5,8-11,18H,3-4,6-7H2,(H2,15,21). The fourth-order valence-electron chi connectivity index (χ4n) is 2.50. The summed E-state index contributed by atoms with van der Waals surface area (Å²) >= 11 is 0. The number of likely N-dealkylation sites (tertiary alicyclic amines) is 1. The van der Waals surface area contributed by atoms with E-state index < -0.39 is 0 Å². The molecule has 1 fully saturated rings. The number of aromatic nitrogens is 3. The number of primary amides is 1. The number of imidazole rings is 1. The van der Waals surface area contributed by atoms with Crippen molar-refractivity contribution in [2.45, 2.75) is 18.9 Å². The summed E-state index contributed by atoms with van der Waals surface area (Å²) in [6.45, 7) is 1.40. The molecule has 2 amide bonds. The molecule has 2 aromatic rings. The minimum atomic E-state index is -0.334. The molecule has 0 bridgehead atoms. The van der Waals surface area contributed by atoms with Gasteiger partial charge in [0.1, 0.15) is 12.1 Å². The van der Waals surface area contributed by atoms with Crippen molar-refractivity contribution < 1.29 is 4.79 Å². The van der Waals surface area contributed by atoms with E-state index in [0.717, 1.165) is 24.3 Å². The first-order chi connectivity index (χ1) is 10.2. The van der Waals surface area contributed by atoms with E-state index in [0.29, 0.717) is 19.1 Å². The first-order valence-electron chi connectivity index (χ1n) is 6.97. The zero-order valence-electron chi connectivity index (χ0n) is 11.6. The molecule has 110 valence electrons. The third-order valence-electron chi connectivity index (χ3n) is 3.69. The van der Waals surface area contributed by atoms with Gasteiger partial charge in [-0.2, -0.15) is 0 Å². The smallest absolute Gasteiger partial charge is 0.314 e. The van der Waals surface area contributed by atoms with Crippen LogP contribution in [0.25, 0.3) is 5.82 Å². The lowest BCUT2D eigenvalue weighted by Gasteiger charge is -2.31. The summed E-state index contributed by atoms with van der Waals surface area (Å²) in [6, 6.07) is 3.96. The van der Waals surface area contributed by atoms with Gasteiger partial charge in [0.2, 0.25) is 0 Å². The maximum atomic E-state index is 11.1. The molecule has 3 rings (SSSR count). The number of hydrogen-bond donors (Lipinski definition) is 2. The van der Waals surface area contributed by atoms with Crippen molar-refractivity contribution in [2.24, 2.45) is 5.73 Å². The highest BCUT2D eigenvalue weighted by Crippen LogP contribution is 2.16. The minimum Gasteiger partial charge on any atom is -0.381 e. The second-order valence-corrected chi connectivity index (χ2v) is 5.12. The molecule has 0 unspecified atom stereocenters. The van der Waals surface area contributed by atoms with E-state index >= 15 is 0 Å². The number of pyridine rings is 1. The number of hydrogen-bond acceptors (Lipinski definition) is 4. The van der Waals surface area contributed by atoms with Crippen molar-refractivity contribution in [2.75, 3.05) is 18.4 Å². The zero-order valence-corrected chi connectivity index (χ0v) is 11.6. The monoisotopic (exact) mass is 286 g/mol. The Labute approximate surface area is 122 Å². The molecule has 2 aromatic heterocycles. The van der Waals surface area contributed by atoms with E-state index in [2.05, 4.69) is 15.3 Å². The maximum Gasteiger partial charge on any atom is 0.314 e. The molecule has 0 spiro atoms. The molecule has 1 saturated heterocycles. The van der Waals surface area contributed by atoms with Gasteiger partial charge in [-0.15, -0.1) is 0 Å². The quantitative estimate of drug-likeness (QED) is 0.888. The number of amides is 2. The summed E-state index contributed by atoms with van der Waals surface area (Å²) in [6.07, 6.45) is 8.90. The number of urea groups is 1. The van der Waals surface area contributed by atoms with Gasteiger partial charge in [0.15, 0.2) is 0 Å². The molecule has 3 N–H and O–H groups in total. The Morgan fingerprint density at radius 2 is 2.14 bits per heavy atom. The summed E-state index contributed by atoms with van der Waals surface area (Å²) in [5.74, 6) is 0.835. The van der Waals surface area contributed by atoms with Crippen LogP contribution in [0.1, 0.15) is 12.8 Å². The predicted molar refractivity (Wildman–Crippen MR) is 79.2 cm³/mol. The van der Waals surface area contributed by atoms with Gasteiger partial charge in [-0.1, -0.05) is 0 Å². The number of rotatable bonds is 3. The Kier molecular flexibility index (Phi) is 3.72. The molecule has 1 aliphatic rings. The third kappa shape index (κ3) is 3.13. The molecule has 1 aliphatic heterocycles. The van der Waals surface area contributed by atoms with Gasteiger partial charge in [0.25, 0.3) is 0 Å². The van der Waals surface area contributed by atoms with E-state index in [4.69, 9.17) is 5.73 Å². The van der Waals surface area contributed by atoms with Gasteiger partial charge in [-0.3, -0.25) is 4.57 Å². The van der Waals surface area contributed by atoms with E-state index in [1.165, 1.54) is 0 Å². The van der Waals surface area contributed by atoms with Crippen LogP contribution in [0.2, 0.25) is 0 Å². The third-order valence-corrected chi connectivity index (χ3v) is 3.69. The highest BCUT2D eigenvalue weighted by molar-refractivity contribution is 5.72. The van der Waals surface area contributed by atoms with Crippen molar-refractivity contribution in [3.8, 4) is 5.82 Å². The highest BCUT2D eigenvalue weighted by atomic mass is 16.2. The predicted octanol–water partition coefficient (Wildman–Crippen LogP) is 1.22. The molecular weight excluding hydrogens is 268 g/mol. The van der Waals surface area contributed by atoms with E-state index in [1.54, 1.807) is 17.4 Å². The van der Waals surface area contributed by atoms with Crippen LogP contribution in [0.3, 0.4) is 0 Å². The Morgan fingerprint density at radius 3 is 2.71 bits per heavy atom. The van der Waals surface area contributed by atoms with Crippen LogP contribution in [0.4, 0.5) is 10.5 Å². The normalized spacial score (nSPS) is 15.9. The SMILES string of the molecule is NC(=O)N1CCC(Nc2ccc(-n3ccnc3)nc2)CC1. The average molecular weight is 286 g/mol. The minimum absolute atomic E-state index is 0.334. The fourth-order valence-corrected chi connectivity index (χ4v) is 2.50. The van der Waals surface area contributed by atoms with Crippen LogP contribution in [-0.2, 0) is 0 Å². The van der Waals surface area contributed by atoms with Crippen LogP contribution in [0.5, 0.6) is 0 Å². The van der Waals surface area contributed by atoms with Gasteiger partial charge in [-0.25, -0.2) is 14.8 Å². The van der Waals surface area contributed by atoms with Gasteiger partial charge < -0.3 is 16.0 Å². The fraction of sp³-hybridized carbons (Fsp3) is 0.357. The Hall–Kier alpha value is -2.57. The first kappa shape index (κ1) is 13.4. The molecule has 7 heteroatoms. The molecule has 0 aromatic carbocycles. The van der Waals surface area contributed by atoms with Crippen molar-refractivity contribution in [3.05, 3.63) is 37.1 Å². The average Bonchev–Trinajstić information content (AvgIpc) is 3.03. The summed E-state index contributed by atoms with van der Waals surface area (Å²) in [5.41, 5.74) is 6.26. The lowest BCUT2D eigenvalue weighted by Crippen LogP contribution is -2.44. The first-order valence-corrected chi connectivity index (χ1v) is 6.97. The maximum absolute atomic E-state index is 11.1. The molecule has 0 atom stereocenters. The summed E-state index contributed by atoms with van der Waals surface area (Å²) in [5, 5.41) is 3.45. The number of carbonyl (C=O) groups excluding carboxylic acids is 1. The Balaban J connectivity index is 1.58. The Morgan fingerprint density at radius 1 is 1.33 bits per heavy atom. The van der Waals surface area contributed by atoms with Gasteiger partial charge >= 0.3 is 6.03 Å². The van der Waals surface area contributed by atoms with Crippen LogP contribution < -0.4 is 11.1 Å².